The summed E-state index contributed by atoms with van der Waals surface area (Å²) in [6.07, 6.45) is -5.35. The third-order valence-corrected chi connectivity index (χ3v) is 3.71. The number of hydrogen-bond donors (Lipinski definition) is 2. The number of aliphatic hydroxyl groups excluding tert-OH is 1. The average molecular weight is 317 g/mol. The second-order valence-corrected chi connectivity index (χ2v) is 5.80. The SMILES string of the molecule is CCC(=O)NC1c2ccc(C(F)(F)F)cc2OC(C)(C)C1O. The van der Waals surface area contributed by atoms with Crippen molar-refractivity contribution in [2.75, 3.05) is 0 Å². The summed E-state index contributed by atoms with van der Waals surface area (Å²) < 4.78 is 44.0. The Morgan fingerprint density at radius 2 is 2.05 bits per heavy atom. The maximum atomic E-state index is 12.8. The van der Waals surface area contributed by atoms with Crippen LogP contribution in [0.3, 0.4) is 0 Å². The van der Waals surface area contributed by atoms with Crippen LogP contribution in [0.4, 0.5) is 13.2 Å². The van der Waals surface area contributed by atoms with Gasteiger partial charge in [-0.2, -0.15) is 13.2 Å². The highest BCUT2D eigenvalue weighted by Crippen LogP contribution is 2.42. The summed E-state index contributed by atoms with van der Waals surface area (Å²) >= 11 is 0. The lowest BCUT2D eigenvalue weighted by atomic mass is 9.86. The highest BCUT2D eigenvalue weighted by Gasteiger charge is 2.44. The molecule has 1 aliphatic heterocycles. The molecule has 0 bridgehead atoms. The highest BCUT2D eigenvalue weighted by atomic mass is 19.4. The first-order valence-corrected chi connectivity index (χ1v) is 6.94. The van der Waals surface area contributed by atoms with Gasteiger partial charge in [-0.1, -0.05) is 13.0 Å². The molecule has 1 heterocycles. The molecular formula is C15H18F3NO3. The summed E-state index contributed by atoms with van der Waals surface area (Å²) in [5.74, 6) is -0.279. The number of aliphatic hydroxyl groups is 1. The molecule has 0 saturated carbocycles. The van der Waals surface area contributed by atoms with Crippen molar-refractivity contribution in [2.24, 2.45) is 0 Å². The Morgan fingerprint density at radius 1 is 1.41 bits per heavy atom. The number of halogens is 3. The van der Waals surface area contributed by atoms with Crippen molar-refractivity contribution >= 4 is 5.91 Å². The Hall–Kier alpha value is -1.76. The van der Waals surface area contributed by atoms with E-state index < -0.39 is 29.5 Å². The fourth-order valence-corrected chi connectivity index (χ4v) is 2.40. The lowest BCUT2D eigenvalue weighted by Crippen LogP contribution is -2.53. The maximum Gasteiger partial charge on any atom is 0.416 e. The Morgan fingerprint density at radius 3 is 2.59 bits per heavy atom. The number of benzene rings is 1. The molecule has 0 aromatic heterocycles. The van der Waals surface area contributed by atoms with Crippen LogP contribution < -0.4 is 10.1 Å². The molecule has 1 aromatic carbocycles. The van der Waals surface area contributed by atoms with Gasteiger partial charge in [-0.05, 0) is 26.0 Å². The van der Waals surface area contributed by atoms with Crippen LogP contribution in [0.25, 0.3) is 0 Å². The maximum absolute atomic E-state index is 12.8. The second-order valence-electron chi connectivity index (χ2n) is 5.80. The van der Waals surface area contributed by atoms with Crippen molar-refractivity contribution in [2.45, 2.75) is 51.1 Å². The van der Waals surface area contributed by atoms with Crippen LogP contribution in [0.5, 0.6) is 5.75 Å². The van der Waals surface area contributed by atoms with Gasteiger partial charge < -0.3 is 15.2 Å². The Bertz CT molecular complexity index is 584. The molecule has 1 aliphatic rings. The topological polar surface area (TPSA) is 58.6 Å². The summed E-state index contributed by atoms with van der Waals surface area (Å²) in [5, 5.41) is 13.0. The van der Waals surface area contributed by atoms with Crippen molar-refractivity contribution in [3.8, 4) is 5.75 Å². The lowest BCUT2D eigenvalue weighted by molar-refractivity contribution is -0.138. The first-order valence-electron chi connectivity index (χ1n) is 6.94. The van der Waals surface area contributed by atoms with Crippen molar-refractivity contribution < 1.29 is 27.8 Å². The third kappa shape index (κ3) is 3.04. The fraction of sp³-hybridized carbons (Fsp3) is 0.533. The van der Waals surface area contributed by atoms with Gasteiger partial charge in [-0.3, -0.25) is 4.79 Å². The zero-order valence-corrected chi connectivity index (χ0v) is 12.5. The van der Waals surface area contributed by atoms with Gasteiger partial charge in [0.15, 0.2) is 0 Å². The summed E-state index contributed by atoms with van der Waals surface area (Å²) in [7, 11) is 0. The molecular weight excluding hydrogens is 299 g/mol. The third-order valence-electron chi connectivity index (χ3n) is 3.71. The van der Waals surface area contributed by atoms with E-state index in [9.17, 15) is 23.1 Å². The molecule has 4 nitrogen and oxygen atoms in total. The van der Waals surface area contributed by atoms with Crippen LogP contribution in [0, 0.1) is 0 Å². The number of rotatable bonds is 2. The van der Waals surface area contributed by atoms with E-state index in [1.54, 1.807) is 20.8 Å². The fourth-order valence-electron chi connectivity index (χ4n) is 2.40. The van der Waals surface area contributed by atoms with Crippen LogP contribution in [0.15, 0.2) is 18.2 Å². The molecule has 2 unspecified atom stereocenters. The first-order chi connectivity index (χ1) is 10.1. The van der Waals surface area contributed by atoms with Crippen LogP contribution in [-0.2, 0) is 11.0 Å². The molecule has 0 spiro atoms. The number of hydrogen-bond acceptors (Lipinski definition) is 3. The van der Waals surface area contributed by atoms with Gasteiger partial charge >= 0.3 is 6.18 Å². The molecule has 1 aromatic rings. The Kier molecular flexibility index (Phi) is 4.12. The number of nitrogens with one attached hydrogen (secondary N) is 1. The summed E-state index contributed by atoms with van der Waals surface area (Å²) in [6.45, 7) is 4.78. The number of carbonyl (C=O) groups excluding carboxylic acids is 1. The van der Waals surface area contributed by atoms with Crippen LogP contribution >= 0.6 is 0 Å². The smallest absolute Gasteiger partial charge is 0.416 e. The number of alkyl halides is 3. The van der Waals surface area contributed by atoms with E-state index in [0.717, 1.165) is 12.1 Å². The molecule has 122 valence electrons. The van der Waals surface area contributed by atoms with Gasteiger partial charge in [0.2, 0.25) is 5.91 Å². The molecule has 7 heteroatoms. The Balaban J connectivity index is 2.48. The first kappa shape index (κ1) is 16.6. The lowest BCUT2D eigenvalue weighted by Gasteiger charge is -2.42. The molecule has 0 fully saturated rings. The van der Waals surface area contributed by atoms with E-state index in [2.05, 4.69) is 5.32 Å². The molecule has 0 saturated heterocycles. The van der Waals surface area contributed by atoms with E-state index in [4.69, 9.17) is 4.74 Å². The van der Waals surface area contributed by atoms with Crippen molar-refractivity contribution in [3.63, 3.8) is 0 Å². The summed E-state index contributed by atoms with van der Waals surface area (Å²) in [6, 6.07) is 2.23. The van der Waals surface area contributed by atoms with Gasteiger partial charge in [-0.25, -0.2) is 0 Å². The van der Waals surface area contributed by atoms with Gasteiger partial charge in [0, 0.05) is 12.0 Å². The number of fused-ring (bicyclic) bond motifs is 1. The molecule has 22 heavy (non-hydrogen) atoms. The zero-order chi connectivity index (χ0) is 16.7. The van der Waals surface area contributed by atoms with E-state index in [0.29, 0.717) is 5.56 Å². The molecule has 2 rings (SSSR count). The average Bonchev–Trinajstić information content (AvgIpc) is 2.41. The van der Waals surface area contributed by atoms with E-state index in [1.165, 1.54) is 6.07 Å². The van der Waals surface area contributed by atoms with Gasteiger partial charge in [0.05, 0.1) is 11.6 Å². The Labute approximate surface area is 126 Å². The molecule has 0 radical (unpaired) electrons. The molecule has 1 amide bonds. The minimum Gasteiger partial charge on any atom is -0.485 e. The molecule has 0 aliphatic carbocycles. The van der Waals surface area contributed by atoms with Crippen LogP contribution in [0.1, 0.15) is 44.4 Å². The predicted octanol–water partition coefficient (Wildman–Crippen LogP) is 2.80. The van der Waals surface area contributed by atoms with E-state index in [1.807, 2.05) is 0 Å². The highest BCUT2D eigenvalue weighted by molar-refractivity contribution is 5.76. The van der Waals surface area contributed by atoms with Gasteiger partial charge in [0.25, 0.3) is 0 Å². The quantitative estimate of drug-likeness (QED) is 0.882. The summed E-state index contributed by atoms with van der Waals surface area (Å²) in [5.41, 5.74) is -1.62. The number of carbonyl (C=O) groups is 1. The van der Waals surface area contributed by atoms with Crippen LogP contribution in [0.2, 0.25) is 0 Å². The van der Waals surface area contributed by atoms with Crippen molar-refractivity contribution in [3.05, 3.63) is 29.3 Å². The number of amides is 1. The monoisotopic (exact) mass is 317 g/mol. The second kappa shape index (κ2) is 5.46. The predicted molar refractivity (Wildman–Crippen MR) is 73.3 cm³/mol. The van der Waals surface area contributed by atoms with Crippen molar-refractivity contribution in [1.29, 1.82) is 0 Å². The summed E-state index contributed by atoms with van der Waals surface area (Å²) in [4.78, 5) is 11.6. The van der Waals surface area contributed by atoms with Gasteiger partial charge in [-0.15, -0.1) is 0 Å². The van der Waals surface area contributed by atoms with Gasteiger partial charge in [0.1, 0.15) is 17.5 Å². The zero-order valence-electron chi connectivity index (χ0n) is 12.5. The van der Waals surface area contributed by atoms with E-state index in [-0.39, 0.29) is 18.1 Å². The van der Waals surface area contributed by atoms with Crippen molar-refractivity contribution in [1.82, 2.24) is 5.32 Å². The number of ether oxygens (including phenoxy) is 1. The molecule has 2 atom stereocenters. The minimum atomic E-state index is -4.49. The normalized spacial score (nSPS) is 23.4. The van der Waals surface area contributed by atoms with Crippen LogP contribution in [-0.4, -0.2) is 22.7 Å². The largest absolute Gasteiger partial charge is 0.485 e. The minimum absolute atomic E-state index is 0.0199. The molecule has 2 N–H and O–H groups in total. The van der Waals surface area contributed by atoms with E-state index >= 15 is 0 Å². The standard InChI is InChI=1S/C15H18F3NO3/c1-4-11(20)19-12-9-6-5-8(15(16,17)18)7-10(9)22-14(2,3)13(12)21/h5-7,12-13,21H,4H2,1-3H3,(H,19,20).